The second kappa shape index (κ2) is 7.85. The minimum Gasteiger partial charge on any atom is -0.493 e. The van der Waals surface area contributed by atoms with Crippen LogP contribution in [0.4, 0.5) is 9.18 Å². The maximum atomic E-state index is 14.2. The zero-order chi connectivity index (χ0) is 18.5. The molecule has 0 spiro atoms. The van der Waals surface area contributed by atoms with Crippen LogP contribution in [0, 0.1) is 5.82 Å². The van der Waals surface area contributed by atoms with Crippen molar-refractivity contribution in [3.05, 3.63) is 23.5 Å². The van der Waals surface area contributed by atoms with Crippen molar-refractivity contribution in [1.29, 1.82) is 0 Å². The van der Waals surface area contributed by atoms with Crippen molar-refractivity contribution < 1.29 is 28.2 Å². The van der Waals surface area contributed by atoms with Crippen molar-refractivity contribution in [2.45, 2.75) is 32.4 Å². The van der Waals surface area contributed by atoms with Gasteiger partial charge < -0.3 is 24.8 Å². The number of methoxy groups -OCH3 is 3. The Morgan fingerprint density at radius 1 is 1.12 bits per heavy atom. The Kier molecular flexibility index (Phi) is 6.39. The maximum absolute atomic E-state index is 14.2. The van der Waals surface area contributed by atoms with Crippen LogP contribution in [0.3, 0.4) is 0 Å². The molecule has 0 aliphatic heterocycles. The molecule has 24 heavy (non-hydrogen) atoms. The molecule has 2 amide bonds. The van der Waals surface area contributed by atoms with Crippen LogP contribution in [-0.4, -0.2) is 38.9 Å². The van der Waals surface area contributed by atoms with Crippen molar-refractivity contribution in [2.24, 2.45) is 0 Å². The fourth-order valence-electron chi connectivity index (χ4n) is 2.02. The van der Waals surface area contributed by atoms with E-state index in [0.717, 1.165) is 0 Å². The molecule has 1 aromatic rings. The largest absolute Gasteiger partial charge is 0.493 e. The van der Waals surface area contributed by atoms with Gasteiger partial charge in [-0.2, -0.15) is 0 Å². The van der Waals surface area contributed by atoms with Crippen molar-refractivity contribution in [1.82, 2.24) is 10.6 Å². The van der Waals surface area contributed by atoms with Crippen LogP contribution < -0.4 is 20.1 Å². The standard InChI is InChI=1S/C16H23FN2O5/c1-9(18-14(20)16(2,3)19-15(21)24-6)10-7-12(22-4)13(23-5)8-11(10)17/h7-9H,1-6H3,(H,18,20)(H,19,21). The summed E-state index contributed by atoms with van der Waals surface area (Å²) >= 11 is 0. The minimum atomic E-state index is -1.23. The molecule has 0 saturated heterocycles. The van der Waals surface area contributed by atoms with E-state index in [9.17, 15) is 14.0 Å². The first-order chi connectivity index (χ1) is 11.2. The van der Waals surface area contributed by atoms with Gasteiger partial charge in [0.15, 0.2) is 11.5 Å². The average molecular weight is 342 g/mol. The highest BCUT2D eigenvalue weighted by molar-refractivity contribution is 5.89. The van der Waals surface area contributed by atoms with Crippen LogP contribution in [0.15, 0.2) is 12.1 Å². The molecule has 1 rings (SSSR count). The van der Waals surface area contributed by atoms with E-state index < -0.39 is 29.4 Å². The number of alkyl carbamates (subject to hydrolysis) is 1. The van der Waals surface area contributed by atoms with Gasteiger partial charge in [-0.1, -0.05) is 0 Å². The number of carbonyl (C=O) groups is 2. The lowest BCUT2D eigenvalue weighted by molar-refractivity contribution is -0.126. The Hall–Kier alpha value is -2.51. The molecule has 0 aliphatic carbocycles. The molecule has 1 aromatic carbocycles. The number of amides is 2. The summed E-state index contributed by atoms with van der Waals surface area (Å²) < 4.78 is 28.9. The van der Waals surface area contributed by atoms with Gasteiger partial charge in [-0.3, -0.25) is 4.79 Å². The quantitative estimate of drug-likeness (QED) is 0.827. The Labute approximate surface area is 140 Å². The van der Waals surface area contributed by atoms with E-state index in [1.54, 1.807) is 6.92 Å². The van der Waals surface area contributed by atoms with Gasteiger partial charge in [0, 0.05) is 11.6 Å². The summed E-state index contributed by atoms with van der Waals surface area (Å²) in [4.78, 5) is 23.6. The molecule has 2 N–H and O–H groups in total. The highest BCUT2D eigenvalue weighted by Gasteiger charge is 2.31. The lowest BCUT2D eigenvalue weighted by atomic mass is 10.0. The van der Waals surface area contributed by atoms with E-state index in [-0.39, 0.29) is 11.3 Å². The molecule has 0 saturated carbocycles. The average Bonchev–Trinajstić information content (AvgIpc) is 2.53. The molecule has 0 fully saturated rings. The summed E-state index contributed by atoms with van der Waals surface area (Å²) in [7, 11) is 4.04. The second-order valence-corrected chi connectivity index (χ2v) is 5.67. The van der Waals surface area contributed by atoms with E-state index in [1.165, 1.54) is 47.3 Å². The molecule has 1 unspecified atom stereocenters. The van der Waals surface area contributed by atoms with Gasteiger partial charge in [0.25, 0.3) is 0 Å². The van der Waals surface area contributed by atoms with Crippen LogP contribution in [-0.2, 0) is 9.53 Å². The van der Waals surface area contributed by atoms with Crippen molar-refractivity contribution >= 4 is 12.0 Å². The number of carbonyl (C=O) groups excluding carboxylic acids is 2. The predicted molar refractivity (Wildman–Crippen MR) is 85.7 cm³/mol. The third-order valence-corrected chi connectivity index (χ3v) is 3.48. The van der Waals surface area contributed by atoms with Crippen LogP contribution >= 0.6 is 0 Å². The zero-order valence-corrected chi connectivity index (χ0v) is 14.7. The smallest absolute Gasteiger partial charge is 0.407 e. The summed E-state index contributed by atoms with van der Waals surface area (Å²) in [6, 6.07) is 1.99. The summed E-state index contributed by atoms with van der Waals surface area (Å²) in [5.41, 5.74) is -0.996. The summed E-state index contributed by atoms with van der Waals surface area (Å²) in [6.07, 6.45) is -0.736. The molecule has 0 bridgehead atoms. The van der Waals surface area contributed by atoms with Crippen molar-refractivity contribution in [3.8, 4) is 11.5 Å². The highest BCUT2D eigenvalue weighted by atomic mass is 19.1. The molecule has 0 heterocycles. The summed E-state index contributed by atoms with van der Waals surface area (Å²) in [6.45, 7) is 4.64. The van der Waals surface area contributed by atoms with Crippen molar-refractivity contribution in [2.75, 3.05) is 21.3 Å². The Morgan fingerprint density at radius 2 is 1.67 bits per heavy atom. The zero-order valence-electron chi connectivity index (χ0n) is 14.7. The first-order valence-electron chi connectivity index (χ1n) is 7.24. The lowest BCUT2D eigenvalue weighted by Gasteiger charge is -2.27. The predicted octanol–water partition coefficient (Wildman–Crippen LogP) is 2.15. The minimum absolute atomic E-state index is 0.231. The number of hydrogen-bond acceptors (Lipinski definition) is 5. The molecule has 8 heteroatoms. The van der Waals surface area contributed by atoms with Crippen LogP contribution in [0.25, 0.3) is 0 Å². The third-order valence-electron chi connectivity index (χ3n) is 3.48. The van der Waals surface area contributed by atoms with Gasteiger partial charge in [0.05, 0.1) is 27.4 Å². The first kappa shape index (κ1) is 19.5. The van der Waals surface area contributed by atoms with E-state index in [4.69, 9.17) is 9.47 Å². The summed E-state index contributed by atoms with van der Waals surface area (Å²) in [5.74, 6) is -0.430. The van der Waals surface area contributed by atoms with Crippen LogP contribution in [0.2, 0.25) is 0 Å². The molecular formula is C16H23FN2O5. The normalized spacial score (nSPS) is 12.1. The Bertz CT molecular complexity index is 619. The van der Waals surface area contributed by atoms with E-state index in [1.807, 2.05) is 0 Å². The molecule has 134 valence electrons. The number of benzene rings is 1. The second-order valence-electron chi connectivity index (χ2n) is 5.67. The Morgan fingerprint density at radius 3 is 2.17 bits per heavy atom. The van der Waals surface area contributed by atoms with E-state index in [2.05, 4.69) is 15.4 Å². The SMILES string of the molecule is COC(=O)NC(C)(C)C(=O)NC(C)c1cc(OC)c(OC)cc1F. The Balaban J connectivity index is 2.97. The fourth-order valence-corrected chi connectivity index (χ4v) is 2.02. The van der Waals surface area contributed by atoms with Gasteiger partial charge >= 0.3 is 6.09 Å². The molecule has 0 aromatic heterocycles. The number of rotatable bonds is 6. The number of halogens is 1. The monoisotopic (exact) mass is 342 g/mol. The van der Waals surface area contributed by atoms with Crippen molar-refractivity contribution in [3.63, 3.8) is 0 Å². The van der Waals surface area contributed by atoms with E-state index >= 15 is 0 Å². The highest BCUT2D eigenvalue weighted by Crippen LogP contribution is 2.32. The molecular weight excluding hydrogens is 319 g/mol. The van der Waals surface area contributed by atoms with Crippen LogP contribution in [0.5, 0.6) is 11.5 Å². The number of nitrogens with one attached hydrogen (secondary N) is 2. The van der Waals surface area contributed by atoms with Gasteiger partial charge in [-0.15, -0.1) is 0 Å². The molecule has 7 nitrogen and oxygen atoms in total. The van der Waals surface area contributed by atoms with E-state index in [0.29, 0.717) is 5.75 Å². The number of ether oxygens (including phenoxy) is 3. The van der Waals surface area contributed by atoms with Gasteiger partial charge in [-0.05, 0) is 26.8 Å². The summed E-state index contributed by atoms with van der Waals surface area (Å²) in [5, 5.41) is 5.06. The molecule has 1 atom stereocenters. The fraction of sp³-hybridized carbons (Fsp3) is 0.500. The third kappa shape index (κ3) is 4.50. The lowest BCUT2D eigenvalue weighted by Crippen LogP contribution is -2.55. The van der Waals surface area contributed by atoms with Gasteiger partial charge in [0.2, 0.25) is 5.91 Å². The van der Waals surface area contributed by atoms with Crippen LogP contribution in [0.1, 0.15) is 32.4 Å². The number of hydrogen-bond donors (Lipinski definition) is 2. The molecule has 0 aliphatic rings. The van der Waals surface area contributed by atoms with Gasteiger partial charge in [0.1, 0.15) is 11.4 Å². The first-order valence-corrected chi connectivity index (χ1v) is 7.24. The maximum Gasteiger partial charge on any atom is 0.407 e. The van der Waals surface area contributed by atoms with Gasteiger partial charge in [-0.25, -0.2) is 9.18 Å². The topological polar surface area (TPSA) is 85.9 Å². The molecule has 0 radical (unpaired) electrons.